The molecule has 6 rings (SSSR count). The molecule has 0 aromatic heterocycles. The molecule has 6 aromatic carbocycles. The standard InChI is InChI=1S/C45H33O6P.Fe/c46-37(31-19-7-1-8-20-31)43(38(47)32-21-9-2-10-22-32)52(44(39(48)33-23-11-3-12-24-33)40(49)34-25-13-4-14-26-34)45(41(50)35-27-15-5-16-28-35)42(51)36-29-17-6-18-30-36;/h1-30,43-45H;/q;+2/p+1. The van der Waals surface area contributed by atoms with E-state index < -0.39 is 59.6 Å². The van der Waals surface area contributed by atoms with Crippen molar-refractivity contribution in [1.82, 2.24) is 0 Å². The number of rotatable bonds is 15. The third-order valence-corrected chi connectivity index (χ3v) is 12.5. The van der Waals surface area contributed by atoms with Crippen molar-refractivity contribution in [2.24, 2.45) is 0 Å². The van der Waals surface area contributed by atoms with E-state index in [1.807, 2.05) is 0 Å². The Hall–Kier alpha value is -5.71. The minimum Gasteiger partial charge on any atom is -0.289 e. The van der Waals surface area contributed by atoms with Crippen LogP contribution in [0.2, 0.25) is 0 Å². The van der Waals surface area contributed by atoms with Crippen LogP contribution < -0.4 is 0 Å². The van der Waals surface area contributed by atoms with E-state index in [1.54, 1.807) is 182 Å². The Balaban J connectivity index is 0.00000541. The summed E-state index contributed by atoms with van der Waals surface area (Å²) in [4.78, 5) is 90.0. The molecule has 0 saturated heterocycles. The maximum Gasteiger partial charge on any atom is 2.00 e. The van der Waals surface area contributed by atoms with Gasteiger partial charge in [0.2, 0.25) is 34.7 Å². The number of benzene rings is 6. The summed E-state index contributed by atoms with van der Waals surface area (Å²) in [6, 6.07) is 48.7. The van der Waals surface area contributed by atoms with Crippen molar-refractivity contribution >= 4 is 42.6 Å². The molecule has 0 spiro atoms. The van der Waals surface area contributed by atoms with E-state index in [0.29, 0.717) is 0 Å². The van der Waals surface area contributed by atoms with Crippen molar-refractivity contribution in [1.29, 1.82) is 0 Å². The van der Waals surface area contributed by atoms with E-state index in [-0.39, 0.29) is 50.4 Å². The first-order chi connectivity index (χ1) is 25.4. The van der Waals surface area contributed by atoms with Gasteiger partial charge in [-0.3, -0.25) is 28.8 Å². The number of carbonyl (C=O) groups excluding carboxylic acids is 6. The molecule has 0 amide bonds. The topological polar surface area (TPSA) is 102 Å². The van der Waals surface area contributed by atoms with Crippen LogP contribution >= 0.6 is 7.92 Å². The fraction of sp³-hybridized carbons (Fsp3) is 0.0667. The van der Waals surface area contributed by atoms with Gasteiger partial charge in [0.25, 0.3) is 0 Å². The van der Waals surface area contributed by atoms with Crippen LogP contribution in [0.5, 0.6) is 0 Å². The fourth-order valence-electron chi connectivity index (χ4n) is 6.38. The van der Waals surface area contributed by atoms with Crippen molar-refractivity contribution in [2.75, 3.05) is 0 Å². The molecule has 8 heteroatoms. The quantitative estimate of drug-likeness (QED) is 0.0450. The Bertz CT molecular complexity index is 1790. The van der Waals surface area contributed by atoms with Crippen LogP contribution in [0.1, 0.15) is 62.1 Å². The van der Waals surface area contributed by atoms with Gasteiger partial charge in [-0.2, -0.15) is 0 Å². The molecule has 0 radical (unpaired) electrons. The molecule has 0 aliphatic carbocycles. The molecule has 0 bridgehead atoms. The van der Waals surface area contributed by atoms with Crippen LogP contribution in [0.3, 0.4) is 0 Å². The first-order valence-corrected chi connectivity index (χ1v) is 18.5. The SMILES string of the molecule is O=C(c1ccccc1)C(C(=O)c1ccccc1)[PH+](C(C(=O)c1ccccc1)C(=O)c1ccccc1)C(C(=O)c1ccccc1)C(=O)c1ccccc1.[Fe+2]. The van der Waals surface area contributed by atoms with Gasteiger partial charge in [0, 0.05) is 33.4 Å². The van der Waals surface area contributed by atoms with E-state index in [0.717, 1.165) is 0 Å². The average molecular weight is 758 g/mol. The summed E-state index contributed by atoms with van der Waals surface area (Å²) in [6.07, 6.45) is 0. The van der Waals surface area contributed by atoms with Gasteiger partial charge in [0.1, 0.15) is 0 Å². The monoisotopic (exact) mass is 757 g/mol. The molecule has 0 unspecified atom stereocenters. The fourth-order valence-corrected chi connectivity index (χ4v) is 10.2. The molecule has 0 atom stereocenters. The minimum atomic E-state index is -3.43. The molecular weight excluding hydrogens is 723 g/mol. The zero-order chi connectivity index (χ0) is 36.5. The maximum absolute atomic E-state index is 15.0. The Labute approximate surface area is 319 Å². The van der Waals surface area contributed by atoms with E-state index >= 15 is 28.8 Å². The van der Waals surface area contributed by atoms with E-state index in [2.05, 4.69) is 0 Å². The van der Waals surface area contributed by atoms with Crippen molar-refractivity contribution in [3.8, 4) is 0 Å². The van der Waals surface area contributed by atoms with Gasteiger partial charge >= 0.3 is 17.1 Å². The zero-order valence-corrected chi connectivity index (χ0v) is 30.5. The van der Waals surface area contributed by atoms with Crippen LogP contribution in [-0.4, -0.2) is 51.7 Å². The van der Waals surface area contributed by atoms with Crippen molar-refractivity contribution in [3.63, 3.8) is 0 Å². The summed E-state index contributed by atoms with van der Waals surface area (Å²) >= 11 is 0. The van der Waals surface area contributed by atoms with Gasteiger partial charge in [0.05, 0.1) is 7.92 Å². The van der Waals surface area contributed by atoms with E-state index in [1.165, 1.54) is 0 Å². The first-order valence-electron chi connectivity index (χ1n) is 16.8. The third-order valence-electron chi connectivity index (χ3n) is 8.92. The molecule has 0 N–H and O–H groups in total. The zero-order valence-electron chi connectivity index (χ0n) is 28.4. The van der Waals surface area contributed by atoms with Crippen LogP contribution in [0, 0.1) is 0 Å². The largest absolute Gasteiger partial charge is 2.00 e. The number of hydrogen-bond donors (Lipinski definition) is 0. The molecule has 53 heavy (non-hydrogen) atoms. The summed E-state index contributed by atoms with van der Waals surface area (Å²) in [5, 5.41) is 0. The third kappa shape index (κ3) is 8.68. The molecule has 0 saturated carbocycles. The number of Topliss-reactive ketones (excluding diaryl/α,β-unsaturated/α-hetero) is 6. The Morgan fingerprint density at radius 2 is 0.396 bits per heavy atom. The molecule has 0 fully saturated rings. The molecule has 0 aliphatic heterocycles. The normalized spacial score (nSPS) is 10.9. The second-order valence-corrected chi connectivity index (χ2v) is 14.9. The number of hydrogen-bond acceptors (Lipinski definition) is 6. The summed E-state index contributed by atoms with van der Waals surface area (Å²) < 4.78 is 0. The molecular formula is C45H34FeO6P+3. The van der Waals surface area contributed by atoms with Gasteiger partial charge < -0.3 is 0 Å². The minimum absolute atomic E-state index is 0. The van der Waals surface area contributed by atoms with Crippen molar-refractivity contribution in [3.05, 3.63) is 215 Å². The second kappa shape index (κ2) is 18.2. The molecule has 6 nitrogen and oxygen atoms in total. The van der Waals surface area contributed by atoms with Crippen LogP contribution in [0.4, 0.5) is 0 Å². The van der Waals surface area contributed by atoms with Gasteiger partial charge in [-0.25, -0.2) is 0 Å². The Morgan fingerprint density at radius 3 is 0.528 bits per heavy atom. The van der Waals surface area contributed by atoms with Crippen LogP contribution in [0.25, 0.3) is 0 Å². The van der Waals surface area contributed by atoms with Crippen molar-refractivity contribution in [2.45, 2.75) is 17.0 Å². The van der Waals surface area contributed by atoms with Gasteiger partial charge in [0.15, 0.2) is 17.0 Å². The molecule has 0 aliphatic rings. The number of carbonyl (C=O) groups is 6. The summed E-state index contributed by atoms with van der Waals surface area (Å²) in [6.45, 7) is 0. The predicted molar refractivity (Wildman–Crippen MR) is 204 cm³/mol. The Kier molecular flexibility index (Phi) is 13.2. The molecule has 0 heterocycles. The smallest absolute Gasteiger partial charge is 0.289 e. The van der Waals surface area contributed by atoms with Gasteiger partial charge in [-0.15, -0.1) is 0 Å². The second-order valence-electron chi connectivity index (χ2n) is 12.2. The summed E-state index contributed by atoms with van der Waals surface area (Å²) in [5.74, 6) is -4.07. The maximum atomic E-state index is 15.0. The van der Waals surface area contributed by atoms with Crippen LogP contribution in [0.15, 0.2) is 182 Å². The van der Waals surface area contributed by atoms with Crippen molar-refractivity contribution < 1.29 is 45.8 Å². The van der Waals surface area contributed by atoms with Gasteiger partial charge in [-0.1, -0.05) is 182 Å². The average Bonchev–Trinajstić information content (AvgIpc) is 3.22. The Morgan fingerprint density at radius 1 is 0.264 bits per heavy atom. The number of ketones is 6. The summed E-state index contributed by atoms with van der Waals surface area (Å²) in [5.41, 5.74) is -4.26. The van der Waals surface area contributed by atoms with E-state index in [4.69, 9.17) is 0 Å². The predicted octanol–water partition coefficient (Wildman–Crippen LogP) is 8.60. The van der Waals surface area contributed by atoms with Crippen LogP contribution in [-0.2, 0) is 17.1 Å². The molecule has 6 aromatic rings. The molecule has 260 valence electrons. The van der Waals surface area contributed by atoms with Gasteiger partial charge in [-0.05, 0) is 0 Å². The summed E-state index contributed by atoms with van der Waals surface area (Å²) in [7, 11) is -3.43. The first kappa shape index (κ1) is 38.5. The van der Waals surface area contributed by atoms with E-state index in [9.17, 15) is 0 Å².